The molecule has 1 aromatic heterocycles. The first kappa shape index (κ1) is 13.6. The molecule has 0 bridgehead atoms. The maximum absolute atomic E-state index is 8.94. The van der Waals surface area contributed by atoms with Crippen LogP contribution >= 0.6 is 11.3 Å². The lowest BCUT2D eigenvalue weighted by Gasteiger charge is -2.13. The Kier molecular flexibility index (Phi) is 4.56. The van der Waals surface area contributed by atoms with Crippen molar-refractivity contribution < 1.29 is 4.74 Å². The molecule has 3 nitrogen and oxygen atoms in total. The summed E-state index contributed by atoms with van der Waals surface area (Å²) in [5.74, 6) is 0.630. The van der Waals surface area contributed by atoms with Crippen LogP contribution in [0.25, 0.3) is 0 Å². The Morgan fingerprint density at radius 2 is 2.26 bits per heavy atom. The van der Waals surface area contributed by atoms with Gasteiger partial charge in [-0.05, 0) is 47.0 Å². The number of benzene rings is 1. The predicted octanol–water partition coefficient (Wildman–Crippen LogP) is 3.48. The smallest absolute Gasteiger partial charge is 0.136 e. The summed E-state index contributed by atoms with van der Waals surface area (Å²) in [6.45, 7) is 2.89. The van der Waals surface area contributed by atoms with Crippen LogP contribution in [0, 0.1) is 11.3 Å². The van der Waals surface area contributed by atoms with Gasteiger partial charge in [0.2, 0.25) is 0 Å². The zero-order valence-electron chi connectivity index (χ0n) is 11.0. The zero-order chi connectivity index (χ0) is 13.7. The molecule has 19 heavy (non-hydrogen) atoms. The lowest BCUT2D eigenvalue weighted by atomic mass is 10.1. The molecule has 0 saturated carbocycles. The minimum Gasteiger partial charge on any atom is -0.495 e. The highest BCUT2D eigenvalue weighted by Crippen LogP contribution is 2.20. The minimum atomic E-state index is 0.313. The first-order valence-electron chi connectivity index (χ1n) is 6.07. The van der Waals surface area contributed by atoms with Gasteiger partial charge in [-0.2, -0.15) is 16.6 Å². The van der Waals surface area contributed by atoms with Gasteiger partial charge in [0.05, 0.1) is 12.7 Å². The standard InChI is InChI=1S/C15H16N2OS/c1-11(14-5-6-19-10-14)17-9-12-3-4-13(8-16)15(7-12)18-2/h3-7,10-11,17H,9H2,1-2H3. The molecule has 0 aliphatic heterocycles. The van der Waals surface area contributed by atoms with Crippen LogP contribution in [0.15, 0.2) is 35.0 Å². The molecule has 0 fully saturated rings. The molecule has 1 aromatic carbocycles. The van der Waals surface area contributed by atoms with Crippen LogP contribution in [0.4, 0.5) is 0 Å². The van der Waals surface area contributed by atoms with Gasteiger partial charge in [0, 0.05) is 12.6 Å². The Labute approximate surface area is 117 Å². The molecular weight excluding hydrogens is 256 g/mol. The van der Waals surface area contributed by atoms with Gasteiger partial charge in [-0.1, -0.05) is 6.07 Å². The molecular formula is C15H16N2OS. The second kappa shape index (κ2) is 6.37. The Bertz CT molecular complexity index is 572. The van der Waals surface area contributed by atoms with Crippen LogP contribution in [0.1, 0.15) is 29.7 Å². The van der Waals surface area contributed by atoms with E-state index in [1.165, 1.54) is 5.56 Å². The van der Waals surface area contributed by atoms with Gasteiger partial charge in [0.15, 0.2) is 0 Å². The number of thiophene rings is 1. The van der Waals surface area contributed by atoms with Crippen molar-refractivity contribution in [2.75, 3.05) is 7.11 Å². The van der Waals surface area contributed by atoms with Gasteiger partial charge >= 0.3 is 0 Å². The average molecular weight is 272 g/mol. The molecule has 0 radical (unpaired) electrons. The van der Waals surface area contributed by atoms with Crippen LogP contribution in [-0.4, -0.2) is 7.11 Å². The fourth-order valence-electron chi connectivity index (χ4n) is 1.85. The van der Waals surface area contributed by atoms with E-state index in [0.717, 1.165) is 12.1 Å². The molecule has 98 valence electrons. The fourth-order valence-corrected chi connectivity index (χ4v) is 2.60. The molecule has 0 spiro atoms. The highest BCUT2D eigenvalue weighted by atomic mass is 32.1. The third kappa shape index (κ3) is 3.34. The number of nitrogens with zero attached hydrogens (tertiary/aromatic N) is 1. The van der Waals surface area contributed by atoms with Crippen molar-refractivity contribution in [1.82, 2.24) is 5.32 Å². The Hall–Kier alpha value is -1.83. The topological polar surface area (TPSA) is 45.0 Å². The summed E-state index contributed by atoms with van der Waals surface area (Å²) < 4.78 is 5.21. The summed E-state index contributed by atoms with van der Waals surface area (Å²) in [5, 5.41) is 16.6. The van der Waals surface area contributed by atoms with Gasteiger partial charge in [-0.3, -0.25) is 0 Å². The van der Waals surface area contributed by atoms with E-state index < -0.39 is 0 Å². The van der Waals surface area contributed by atoms with Gasteiger partial charge in [-0.15, -0.1) is 0 Å². The van der Waals surface area contributed by atoms with E-state index in [-0.39, 0.29) is 0 Å². The first-order chi connectivity index (χ1) is 9.24. The van der Waals surface area contributed by atoms with E-state index >= 15 is 0 Å². The third-order valence-corrected chi connectivity index (χ3v) is 3.74. The third-order valence-electron chi connectivity index (χ3n) is 3.04. The van der Waals surface area contributed by atoms with Crippen molar-refractivity contribution in [1.29, 1.82) is 5.26 Å². The van der Waals surface area contributed by atoms with Crippen LogP contribution in [0.3, 0.4) is 0 Å². The molecule has 0 aliphatic carbocycles. The maximum atomic E-state index is 8.94. The highest BCUT2D eigenvalue weighted by Gasteiger charge is 2.07. The van der Waals surface area contributed by atoms with E-state index in [2.05, 4.69) is 35.1 Å². The fraction of sp³-hybridized carbons (Fsp3) is 0.267. The molecule has 4 heteroatoms. The van der Waals surface area contributed by atoms with E-state index in [1.54, 1.807) is 24.5 Å². The summed E-state index contributed by atoms with van der Waals surface area (Å²) in [6, 6.07) is 10.2. The van der Waals surface area contributed by atoms with Gasteiger partial charge in [-0.25, -0.2) is 0 Å². The average Bonchev–Trinajstić information content (AvgIpc) is 2.98. The number of hydrogen-bond donors (Lipinski definition) is 1. The molecule has 1 atom stereocenters. The second-order valence-corrected chi connectivity index (χ2v) is 5.09. The molecule has 0 amide bonds. The summed E-state index contributed by atoms with van der Waals surface area (Å²) in [5.41, 5.74) is 2.97. The molecule has 2 rings (SSSR count). The zero-order valence-corrected chi connectivity index (χ0v) is 11.8. The van der Waals surface area contributed by atoms with Crippen molar-refractivity contribution in [3.63, 3.8) is 0 Å². The predicted molar refractivity (Wildman–Crippen MR) is 77.3 cm³/mol. The SMILES string of the molecule is COc1cc(CNC(C)c2ccsc2)ccc1C#N. The van der Waals surface area contributed by atoms with Crippen molar-refractivity contribution in [3.8, 4) is 11.8 Å². The molecule has 1 unspecified atom stereocenters. The normalized spacial score (nSPS) is 11.8. The molecule has 1 heterocycles. The summed E-state index contributed by atoms with van der Waals surface area (Å²) >= 11 is 1.70. The molecule has 1 N–H and O–H groups in total. The van der Waals surface area contributed by atoms with Crippen LogP contribution in [-0.2, 0) is 6.54 Å². The Balaban J connectivity index is 2.02. The van der Waals surface area contributed by atoms with Crippen molar-refractivity contribution >= 4 is 11.3 Å². The van der Waals surface area contributed by atoms with E-state index in [9.17, 15) is 0 Å². The number of ether oxygens (including phenoxy) is 1. The minimum absolute atomic E-state index is 0.313. The summed E-state index contributed by atoms with van der Waals surface area (Å²) in [7, 11) is 1.58. The van der Waals surface area contributed by atoms with Gasteiger partial charge in [0.1, 0.15) is 11.8 Å². The van der Waals surface area contributed by atoms with Crippen molar-refractivity contribution in [2.45, 2.75) is 19.5 Å². The van der Waals surface area contributed by atoms with E-state index in [4.69, 9.17) is 10.00 Å². The van der Waals surface area contributed by atoms with E-state index in [0.29, 0.717) is 17.4 Å². The molecule has 2 aromatic rings. The Morgan fingerprint density at radius 1 is 1.42 bits per heavy atom. The second-order valence-electron chi connectivity index (χ2n) is 4.31. The lowest BCUT2D eigenvalue weighted by molar-refractivity contribution is 0.412. The monoisotopic (exact) mass is 272 g/mol. The van der Waals surface area contributed by atoms with Crippen LogP contribution in [0.5, 0.6) is 5.75 Å². The number of nitrogens with one attached hydrogen (secondary N) is 1. The molecule has 0 aliphatic rings. The first-order valence-corrected chi connectivity index (χ1v) is 7.01. The van der Waals surface area contributed by atoms with Crippen molar-refractivity contribution in [2.24, 2.45) is 0 Å². The van der Waals surface area contributed by atoms with Crippen molar-refractivity contribution in [3.05, 3.63) is 51.7 Å². The summed E-state index contributed by atoms with van der Waals surface area (Å²) in [6.07, 6.45) is 0. The van der Waals surface area contributed by atoms with Crippen LogP contribution < -0.4 is 10.1 Å². The summed E-state index contributed by atoms with van der Waals surface area (Å²) in [4.78, 5) is 0. The quantitative estimate of drug-likeness (QED) is 0.906. The number of nitriles is 1. The number of rotatable bonds is 5. The number of hydrogen-bond acceptors (Lipinski definition) is 4. The Morgan fingerprint density at radius 3 is 2.89 bits per heavy atom. The van der Waals surface area contributed by atoms with Crippen LogP contribution in [0.2, 0.25) is 0 Å². The van der Waals surface area contributed by atoms with Gasteiger partial charge in [0.25, 0.3) is 0 Å². The van der Waals surface area contributed by atoms with Gasteiger partial charge < -0.3 is 10.1 Å². The highest BCUT2D eigenvalue weighted by molar-refractivity contribution is 7.07. The largest absolute Gasteiger partial charge is 0.495 e. The number of methoxy groups -OCH3 is 1. The lowest BCUT2D eigenvalue weighted by Crippen LogP contribution is -2.17. The van der Waals surface area contributed by atoms with E-state index in [1.807, 2.05) is 12.1 Å². The maximum Gasteiger partial charge on any atom is 0.136 e. The molecule has 0 saturated heterocycles.